The summed E-state index contributed by atoms with van der Waals surface area (Å²) in [5.41, 5.74) is 6.12. The summed E-state index contributed by atoms with van der Waals surface area (Å²) in [6.45, 7) is 1.65. The molecule has 6 nitrogen and oxygen atoms in total. The third kappa shape index (κ3) is 2.78. The molecule has 0 bridgehead atoms. The first kappa shape index (κ1) is 14.4. The van der Waals surface area contributed by atoms with Crippen molar-refractivity contribution >= 4 is 15.7 Å². The van der Waals surface area contributed by atoms with E-state index in [1.54, 1.807) is 6.92 Å². The largest absolute Gasteiger partial charge is 0.396 e. The van der Waals surface area contributed by atoms with E-state index >= 15 is 0 Å². The first-order valence-corrected chi connectivity index (χ1v) is 7.02. The fourth-order valence-electron chi connectivity index (χ4n) is 1.56. The third-order valence-corrected chi connectivity index (χ3v) is 4.14. The molecule has 1 heterocycles. The van der Waals surface area contributed by atoms with Gasteiger partial charge in [-0.15, -0.1) is 0 Å². The highest BCUT2D eigenvalue weighted by atomic mass is 32.2. The summed E-state index contributed by atoms with van der Waals surface area (Å²) in [7, 11) is -4.14. The highest BCUT2D eigenvalue weighted by Crippen LogP contribution is 2.21. The number of aryl methyl sites for hydroxylation is 1. The van der Waals surface area contributed by atoms with Crippen molar-refractivity contribution in [2.45, 2.75) is 18.4 Å². The number of hydrogen-bond donors (Lipinski definition) is 3. The smallest absolute Gasteiger partial charge is 0.243 e. The molecular weight excluding hydrogens is 290 g/mol. The van der Waals surface area contributed by atoms with Gasteiger partial charge in [0.2, 0.25) is 10.0 Å². The van der Waals surface area contributed by atoms with Gasteiger partial charge in [0.1, 0.15) is 16.5 Å². The average Bonchev–Trinajstić information content (AvgIpc) is 2.77. The van der Waals surface area contributed by atoms with E-state index in [1.807, 2.05) is 0 Å². The number of anilines is 1. The average molecular weight is 302 g/mol. The molecule has 0 saturated heterocycles. The number of H-pyrrole nitrogens is 1. The van der Waals surface area contributed by atoms with Crippen LogP contribution in [0.5, 0.6) is 0 Å². The Bertz CT molecular complexity index is 743. The van der Waals surface area contributed by atoms with Crippen molar-refractivity contribution in [1.29, 1.82) is 0 Å². The first-order chi connectivity index (χ1) is 9.31. The Kier molecular flexibility index (Phi) is 3.73. The summed E-state index contributed by atoms with van der Waals surface area (Å²) in [5, 5.41) is 6.38. The number of sulfonamides is 1. The van der Waals surface area contributed by atoms with Crippen LogP contribution in [0.3, 0.4) is 0 Å². The van der Waals surface area contributed by atoms with Crippen molar-refractivity contribution in [2.75, 3.05) is 5.73 Å². The Morgan fingerprint density at radius 3 is 2.65 bits per heavy atom. The molecule has 0 saturated carbocycles. The number of nitrogens with zero attached hydrogens (tertiary/aromatic N) is 1. The molecule has 1 aromatic carbocycles. The second kappa shape index (κ2) is 5.17. The summed E-state index contributed by atoms with van der Waals surface area (Å²) < 4.78 is 52.7. The number of hydrogen-bond acceptors (Lipinski definition) is 4. The number of aromatic amines is 1. The van der Waals surface area contributed by atoms with Gasteiger partial charge in [-0.1, -0.05) is 0 Å². The van der Waals surface area contributed by atoms with E-state index in [9.17, 15) is 17.2 Å². The predicted octanol–water partition coefficient (Wildman–Crippen LogP) is 1.06. The zero-order valence-electron chi connectivity index (χ0n) is 10.4. The lowest BCUT2D eigenvalue weighted by Crippen LogP contribution is -2.24. The van der Waals surface area contributed by atoms with Gasteiger partial charge in [-0.05, 0) is 13.0 Å². The predicted molar refractivity (Wildman–Crippen MR) is 68.1 cm³/mol. The zero-order valence-corrected chi connectivity index (χ0v) is 11.3. The SMILES string of the molecule is Cc1[nH]ncc1CNS(=O)(=O)c1cc(N)c(F)cc1F. The van der Waals surface area contributed by atoms with Crippen molar-refractivity contribution in [3.63, 3.8) is 0 Å². The van der Waals surface area contributed by atoms with Crippen LogP contribution < -0.4 is 10.5 Å². The maximum atomic E-state index is 13.5. The maximum absolute atomic E-state index is 13.5. The van der Waals surface area contributed by atoms with Crippen LogP contribution in [-0.2, 0) is 16.6 Å². The van der Waals surface area contributed by atoms with Gasteiger partial charge in [0.05, 0.1) is 11.9 Å². The summed E-state index contributed by atoms with van der Waals surface area (Å²) in [6.07, 6.45) is 1.45. The van der Waals surface area contributed by atoms with Gasteiger partial charge in [0.25, 0.3) is 0 Å². The van der Waals surface area contributed by atoms with E-state index in [-0.39, 0.29) is 6.54 Å². The Hall–Kier alpha value is -2.00. The molecule has 0 radical (unpaired) electrons. The lowest BCUT2D eigenvalue weighted by Gasteiger charge is -2.08. The molecule has 2 aromatic rings. The van der Waals surface area contributed by atoms with E-state index in [1.165, 1.54) is 6.20 Å². The second-order valence-corrected chi connectivity index (χ2v) is 5.88. The van der Waals surface area contributed by atoms with Crippen molar-refractivity contribution in [3.8, 4) is 0 Å². The summed E-state index contributed by atoms with van der Waals surface area (Å²) in [5.74, 6) is -2.21. The molecule has 108 valence electrons. The van der Waals surface area contributed by atoms with Crippen LogP contribution in [0.1, 0.15) is 11.3 Å². The van der Waals surface area contributed by atoms with Gasteiger partial charge >= 0.3 is 0 Å². The Balaban J connectivity index is 2.27. The highest BCUT2D eigenvalue weighted by Gasteiger charge is 2.21. The molecule has 9 heteroatoms. The van der Waals surface area contributed by atoms with Gasteiger partial charge in [0.15, 0.2) is 0 Å². The minimum absolute atomic E-state index is 0.0681. The van der Waals surface area contributed by atoms with Crippen LogP contribution in [0, 0.1) is 18.6 Å². The monoisotopic (exact) mass is 302 g/mol. The van der Waals surface area contributed by atoms with Gasteiger partial charge in [-0.25, -0.2) is 21.9 Å². The molecule has 0 spiro atoms. The lowest BCUT2D eigenvalue weighted by molar-refractivity contribution is 0.544. The van der Waals surface area contributed by atoms with Gasteiger partial charge in [-0.2, -0.15) is 5.10 Å². The molecule has 0 aliphatic rings. The molecule has 0 aliphatic carbocycles. The first-order valence-electron chi connectivity index (χ1n) is 5.54. The minimum atomic E-state index is -4.14. The Morgan fingerprint density at radius 2 is 2.05 bits per heavy atom. The van der Waals surface area contributed by atoms with E-state index in [2.05, 4.69) is 14.9 Å². The van der Waals surface area contributed by atoms with E-state index < -0.39 is 32.2 Å². The summed E-state index contributed by atoms with van der Waals surface area (Å²) in [4.78, 5) is -0.697. The van der Waals surface area contributed by atoms with Crippen LogP contribution in [0.4, 0.5) is 14.5 Å². The molecule has 4 N–H and O–H groups in total. The standard InChI is InChI=1S/C11H12F2N4O2S/c1-6-7(4-15-17-6)5-16-20(18,19)11-3-10(14)8(12)2-9(11)13/h2-4,16H,5,14H2,1H3,(H,15,17). The lowest BCUT2D eigenvalue weighted by atomic mass is 10.3. The van der Waals surface area contributed by atoms with Crippen molar-refractivity contribution in [2.24, 2.45) is 0 Å². The molecule has 20 heavy (non-hydrogen) atoms. The second-order valence-electron chi connectivity index (χ2n) is 4.15. The molecule has 0 aliphatic heterocycles. The van der Waals surface area contributed by atoms with Gasteiger partial charge < -0.3 is 5.73 Å². The summed E-state index contributed by atoms with van der Waals surface area (Å²) >= 11 is 0. The van der Waals surface area contributed by atoms with Gasteiger partial charge in [0, 0.05) is 23.9 Å². The normalized spacial score (nSPS) is 11.8. The number of aromatic nitrogens is 2. The molecule has 0 fully saturated rings. The highest BCUT2D eigenvalue weighted by molar-refractivity contribution is 7.89. The van der Waals surface area contributed by atoms with E-state index in [4.69, 9.17) is 5.73 Å². The van der Waals surface area contributed by atoms with E-state index in [0.717, 1.165) is 6.07 Å². The zero-order chi connectivity index (χ0) is 14.9. The van der Waals surface area contributed by atoms with Crippen LogP contribution in [0.2, 0.25) is 0 Å². The topological polar surface area (TPSA) is 101 Å². The number of nitrogens with one attached hydrogen (secondary N) is 2. The number of halogens is 2. The molecule has 2 rings (SSSR count). The third-order valence-electron chi connectivity index (χ3n) is 2.73. The van der Waals surface area contributed by atoms with Gasteiger partial charge in [-0.3, -0.25) is 5.10 Å². The Labute approximate surface area is 114 Å². The number of benzene rings is 1. The van der Waals surface area contributed by atoms with Crippen LogP contribution in [-0.4, -0.2) is 18.6 Å². The number of rotatable bonds is 4. The van der Waals surface area contributed by atoms with Crippen molar-refractivity contribution in [3.05, 3.63) is 41.2 Å². The fourth-order valence-corrected chi connectivity index (χ4v) is 2.65. The minimum Gasteiger partial charge on any atom is -0.396 e. The molecule has 0 atom stereocenters. The molecule has 0 amide bonds. The fraction of sp³-hybridized carbons (Fsp3) is 0.182. The van der Waals surface area contributed by atoms with Crippen molar-refractivity contribution in [1.82, 2.24) is 14.9 Å². The molecule has 1 aromatic heterocycles. The number of nitrogen functional groups attached to an aromatic ring is 1. The molecule has 0 unspecified atom stereocenters. The molecular formula is C11H12F2N4O2S. The van der Waals surface area contributed by atoms with Crippen LogP contribution in [0.25, 0.3) is 0 Å². The van der Waals surface area contributed by atoms with Crippen LogP contribution in [0.15, 0.2) is 23.2 Å². The summed E-state index contributed by atoms with van der Waals surface area (Å²) in [6, 6.07) is 1.18. The van der Waals surface area contributed by atoms with E-state index in [0.29, 0.717) is 17.3 Å². The number of nitrogens with two attached hydrogens (primary N) is 1. The maximum Gasteiger partial charge on any atom is 0.243 e. The van der Waals surface area contributed by atoms with Crippen molar-refractivity contribution < 1.29 is 17.2 Å². The Morgan fingerprint density at radius 1 is 1.35 bits per heavy atom. The quantitative estimate of drug-likeness (QED) is 0.735. The van der Waals surface area contributed by atoms with Crippen LogP contribution >= 0.6 is 0 Å².